The fourth-order valence-electron chi connectivity index (χ4n) is 5.31. The topological polar surface area (TPSA) is 69.2 Å². The van der Waals surface area contributed by atoms with E-state index in [1.165, 1.54) is 4.68 Å². The maximum atomic E-state index is 13.9. The monoisotopic (exact) mass is 490 g/mol. The van der Waals surface area contributed by atoms with Gasteiger partial charge in [0.15, 0.2) is 12.4 Å². The summed E-state index contributed by atoms with van der Waals surface area (Å²) in [5, 5.41) is 10.3. The van der Waals surface area contributed by atoms with Crippen molar-refractivity contribution in [2.75, 3.05) is 0 Å². The molecule has 1 aromatic carbocycles. The number of pyridine rings is 2. The molecule has 2 aliphatic rings. The highest BCUT2D eigenvalue weighted by molar-refractivity contribution is 5.92. The Hall–Kier alpha value is -4.15. The first-order chi connectivity index (χ1) is 17.0. The summed E-state index contributed by atoms with van der Waals surface area (Å²) in [7, 11) is 0. The zero-order valence-corrected chi connectivity index (χ0v) is 19.9. The van der Waals surface area contributed by atoms with Crippen molar-refractivity contribution in [1.82, 2.24) is 29.5 Å². The zero-order valence-electron chi connectivity index (χ0n) is 19.9. The number of hydrogen-bond donors (Lipinski definition) is 0. The van der Waals surface area contributed by atoms with Crippen molar-refractivity contribution >= 4 is 10.8 Å². The lowest BCUT2D eigenvalue weighted by Crippen LogP contribution is -2.77. The predicted octanol–water partition coefficient (Wildman–Crippen LogP) is 3.40. The molecule has 0 fully saturated rings. The molecule has 5 aromatic rings. The van der Waals surface area contributed by atoms with Crippen LogP contribution in [0, 0.1) is 6.92 Å². The molecule has 1 unspecified atom stereocenters. The molecule has 0 aliphatic carbocycles. The van der Waals surface area contributed by atoms with Gasteiger partial charge in [-0.15, -0.1) is 10.2 Å². The quantitative estimate of drug-likeness (QED) is 0.306. The number of halogens is 3. The second-order valence-electron chi connectivity index (χ2n) is 10.2. The fourth-order valence-corrected chi connectivity index (χ4v) is 5.31. The van der Waals surface area contributed by atoms with Gasteiger partial charge in [-0.05, 0) is 35.4 Å². The lowest BCUT2D eigenvalue weighted by atomic mass is 9.86. The van der Waals surface area contributed by atoms with Gasteiger partial charge in [0.05, 0.1) is 5.39 Å². The van der Waals surface area contributed by atoms with Gasteiger partial charge in [-0.2, -0.15) is 18.2 Å². The maximum Gasteiger partial charge on any atom is 0.586 e. The van der Waals surface area contributed by atoms with E-state index in [-0.39, 0.29) is 11.2 Å². The van der Waals surface area contributed by atoms with E-state index in [1.54, 1.807) is 17.8 Å². The molecule has 2 aliphatic heterocycles. The van der Waals surface area contributed by atoms with Gasteiger partial charge in [-0.3, -0.25) is 0 Å². The normalized spacial score (nSPS) is 18.0. The highest BCUT2D eigenvalue weighted by Crippen LogP contribution is 2.40. The van der Waals surface area contributed by atoms with Crippen LogP contribution in [0.15, 0.2) is 54.9 Å². The van der Waals surface area contributed by atoms with Crippen LogP contribution in [0.25, 0.3) is 33.8 Å². The summed E-state index contributed by atoms with van der Waals surface area (Å²) in [5.41, 5.74) is 2.27. The van der Waals surface area contributed by atoms with E-state index in [1.807, 2.05) is 51.7 Å². The molecule has 1 atom stereocenters. The van der Waals surface area contributed by atoms with Gasteiger partial charge in [0, 0.05) is 18.2 Å². The summed E-state index contributed by atoms with van der Waals surface area (Å²) < 4.78 is 48.4. The van der Waals surface area contributed by atoms with E-state index in [4.69, 9.17) is 0 Å². The molecular formula is C25H21F3N8+2. The smallest absolute Gasteiger partial charge is 0.206 e. The predicted molar refractivity (Wildman–Crippen MR) is 121 cm³/mol. The van der Waals surface area contributed by atoms with E-state index in [0.29, 0.717) is 23.0 Å². The summed E-state index contributed by atoms with van der Waals surface area (Å²) in [6, 6.07) is 13.6. The van der Waals surface area contributed by atoms with Gasteiger partial charge >= 0.3 is 12.1 Å². The van der Waals surface area contributed by atoms with Gasteiger partial charge in [0.2, 0.25) is 11.6 Å². The van der Waals surface area contributed by atoms with Crippen LogP contribution in [0.3, 0.4) is 0 Å². The van der Waals surface area contributed by atoms with Crippen molar-refractivity contribution < 1.29 is 22.3 Å². The second-order valence-corrected chi connectivity index (χ2v) is 10.2. The highest BCUT2D eigenvalue weighted by Gasteiger charge is 2.71. The van der Waals surface area contributed by atoms with Crippen LogP contribution in [0.5, 0.6) is 0 Å². The molecule has 6 heterocycles. The van der Waals surface area contributed by atoms with Crippen LogP contribution in [0.1, 0.15) is 38.0 Å². The third-order valence-electron chi connectivity index (χ3n) is 6.91. The van der Waals surface area contributed by atoms with E-state index < -0.39 is 17.9 Å². The summed E-state index contributed by atoms with van der Waals surface area (Å²) in [5.74, 6) is -1.48. The second kappa shape index (κ2) is 6.34. The standard InChI is InChI=1S/C25H21F3N8/c1-14-29-20-18-7-5-6-11-33(18)25(35(20)31-14)34-12-10-15-13-16(23(2,3)4)8-9-17(15)19(34)21-30-22(24(26,27)28)32-36(21)25/h5-13H,1-4H3/q+2. The summed E-state index contributed by atoms with van der Waals surface area (Å²) in [6.45, 7) is 8.12. The van der Waals surface area contributed by atoms with Crippen molar-refractivity contribution in [3.8, 4) is 23.0 Å². The Bertz CT molecular complexity index is 1740. The number of alkyl halides is 3. The molecule has 8 nitrogen and oxygen atoms in total. The molecule has 0 saturated heterocycles. The van der Waals surface area contributed by atoms with Gasteiger partial charge < -0.3 is 0 Å². The summed E-state index contributed by atoms with van der Waals surface area (Å²) in [6.07, 6.45) is -1.05. The molecular weight excluding hydrogens is 469 g/mol. The molecule has 0 amide bonds. The van der Waals surface area contributed by atoms with Gasteiger partial charge in [0.1, 0.15) is 5.82 Å². The molecule has 0 radical (unpaired) electrons. The first-order valence-electron chi connectivity index (χ1n) is 11.5. The van der Waals surface area contributed by atoms with E-state index >= 15 is 0 Å². The van der Waals surface area contributed by atoms with Crippen LogP contribution in [-0.4, -0.2) is 29.5 Å². The fraction of sp³-hybridized carbons (Fsp3) is 0.280. The SMILES string of the molecule is Cc1nc2n(n1)C1(n3nc(C(F)(F)F)nc3-c3c4ccc(C(C)(C)C)cc4cc[n+]31)[n+]1ccccc1-2. The van der Waals surface area contributed by atoms with Crippen molar-refractivity contribution in [2.24, 2.45) is 0 Å². The maximum absolute atomic E-state index is 13.9. The van der Waals surface area contributed by atoms with Gasteiger partial charge in [-0.1, -0.05) is 51.4 Å². The molecule has 180 valence electrons. The Morgan fingerprint density at radius 1 is 0.861 bits per heavy atom. The summed E-state index contributed by atoms with van der Waals surface area (Å²) >= 11 is 0. The zero-order chi connectivity index (χ0) is 25.2. The minimum Gasteiger partial charge on any atom is -0.206 e. The van der Waals surface area contributed by atoms with E-state index in [9.17, 15) is 13.2 Å². The van der Waals surface area contributed by atoms with Crippen LogP contribution in [0.2, 0.25) is 0 Å². The van der Waals surface area contributed by atoms with Crippen LogP contribution in [-0.2, 0) is 17.5 Å². The Kier molecular flexibility index (Phi) is 3.73. The van der Waals surface area contributed by atoms with Crippen molar-refractivity contribution in [2.45, 2.75) is 45.2 Å². The Morgan fingerprint density at radius 2 is 1.64 bits per heavy atom. The third kappa shape index (κ3) is 2.44. The molecule has 0 N–H and O–H groups in total. The van der Waals surface area contributed by atoms with Crippen molar-refractivity contribution in [3.05, 3.63) is 72.1 Å². The molecule has 0 saturated carbocycles. The van der Waals surface area contributed by atoms with E-state index in [2.05, 4.69) is 47.0 Å². The largest absolute Gasteiger partial charge is 0.586 e. The minimum atomic E-state index is -4.71. The number of aromatic nitrogens is 8. The molecule has 11 heteroatoms. The molecule has 7 rings (SSSR count). The van der Waals surface area contributed by atoms with Crippen LogP contribution < -0.4 is 9.13 Å². The van der Waals surface area contributed by atoms with Crippen molar-refractivity contribution in [3.63, 3.8) is 0 Å². The van der Waals surface area contributed by atoms with E-state index in [0.717, 1.165) is 16.3 Å². The average Bonchev–Trinajstić information content (AvgIpc) is 3.53. The Balaban J connectivity index is 1.65. The first kappa shape index (κ1) is 21.2. The number of nitrogens with zero attached hydrogens (tertiary/aromatic N) is 8. The van der Waals surface area contributed by atoms with Gasteiger partial charge in [0.25, 0.3) is 17.2 Å². The summed E-state index contributed by atoms with van der Waals surface area (Å²) in [4.78, 5) is 8.62. The van der Waals surface area contributed by atoms with Crippen LogP contribution in [0.4, 0.5) is 13.2 Å². The molecule has 4 aromatic heterocycles. The molecule has 1 spiro atoms. The van der Waals surface area contributed by atoms with Crippen molar-refractivity contribution in [1.29, 1.82) is 0 Å². The average molecular weight is 490 g/mol. The Labute approximate surface area is 203 Å². The lowest BCUT2D eigenvalue weighted by Gasteiger charge is -2.19. The molecule has 36 heavy (non-hydrogen) atoms. The Morgan fingerprint density at radius 3 is 2.39 bits per heavy atom. The lowest BCUT2D eigenvalue weighted by molar-refractivity contribution is -0.990. The minimum absolute atomic E-state index is 0.0849. The van der Waals surface area contributed by atoms with Crippen LogP contribution >= 0.6 is 0 Å². The number of benzene rings is 1. The number of fused-ring (bicyclic) bond motifs is 12. The highest BCUT2D eigenvalue weighted by atomic mass is 19.4. The first-order valence-corrected chi connectivity index (χ1v) is 11.5. The number of hydrogen-bond acceptors (Lipinski definition) is 4. The molecule has 0 bridgehead atoms. The third-order valence-corrected chi connectivity index (χ3v) is 6.91. The number of aryl methyl sites for hydroxylation is 1. The van der Waals surface area contributed by atoms with Gasteiger partial charge in [-0.25, -0.2) is 4.98 Å². The number of rotatable bonds is 0.